The van der Waals surface area contributed by atoms with Crippen molar-refractivity contribution in [1.29, 1.82) is 0 Å². The molecule has 3 rings (SSSR count). The highest BCUT2D eigenvalue weighted by Crippen LogP contribution is 2.30. The summed E-state index contributed by atoms with van der Waals surface area (Å²) in [5.74, 6) is 0.911. The number of benzene rings is 1. The van der Waals surface area contributed by atoms with E-state index in [-0.39, 0.29) is 11.8 Å². The van der Waals surface area contributed by atoms with Crippen LogP contribution in [0.4, 0.5) is 0 Å². The number of nitrogens with zero attached hydrogens (tertiary/aromatic N) is 2. The Morgan fingerprint density at radius 3 is 2.78 bits per heavy atom. The van der Waals surface area contributed by atoms with Crippen LogP contribution in [0.3, 0.4) is 0 Å². The Bertz CT molecular complexity index is 783. The zero-order valence-corrected chi connectivity index (χ0v) is 15.7. The van der Waals surface area contributed by atoms with Crippen molar-refractivity contribution in [1.82, 2.24) is 9.88 Å². The summed E-state index contributed by atoms with van der Waals surface area (Å²) in [6.07, 6.45) is 5.10. The number of aliphatic hydroxyl groups excluding tert-OH is 1. The first-order valence-electron chi connectivity index (χ1n) is 9.30. The third-order valence-corrected chi connectivity index (χ3v) is 5.16. The van der Waals surface area contributed by atoms with E-state index in [0.717, 1.165) is 24.2 Å². The molecule has 5 heteroatoms. The van der Waals surface area contributed by atoms with E-state index in [1.54, 1.807) is 19.4 Å². The lowest BCUT2D eigenvalue weighted by atomic mass is 9.89. The van der Waals surface area contributed by atoms with Crippen LogP contribution in [0.15, 0.2) is 55.3 Å². The van der Waals surface area contributed by atoms with Gasteiger partial charge in [-0.3, -0.25) is 9.78 Å². The molecule has 0 spiro atoms. The van der Waals surface area contributed by atoms with Crippen molar-refractivity contribution in [3.05, 3.63) is 72.1 Å². The van der Waals surface area contributed by atoms with E-state index in [2.05, 4.69) is 11.6 Å². The zero-order valence-electron chi connectivity index (χ0n) is 15.7. The number of methoxy groups -OCH3 is 1. The summed E-state index contributed by atoms with van der Waals surface area (Å²) in [7, 11) is 1.63. The van der Waals surface area contributed by atoms with Gasteiger partial charge in [0.25, 0.3) is 5.91 Å². The van der Waals surface area contributed by atoms with Crippen LogP contribution < -0.4 is 4.74 Å². The summed E-state index contributed by atoms with van der Waals surface area (Å²) in [4.78, 5) is 19.0. The zero-order chi connectivity index (χ0) is 19.2. The molecule has 142 valence electrons. The topological polar surface area (TPSA) is 62.7 Å². The van der Waals surface area contributed by atoms with E-state index in [0.29, 0.717) is 30.8 Å². The van der Waals surface area contributed by atoms with Crippen LogP contribution >= 0.6 is 0 Å². The van der Waals surface area contributed by atoms with Crippen LogP contribution in [0.5, 0.6) is 5.75 Å². The first-order chi connectivity index (χ1) is 13.1. The lowest BCUT2D eigenvalue weighted by molar-refractivity contribution is 0.0447. The van der Waals surface area contributed by atoms with Crippen molar-refractivity contribution in [2.45, 2.75) is 25.4 Å². The largest absolute Gasteiger partial charge is 0.496 e. The minimum Gasteiger partial charge on any atom is -0.496 e. The Hall–Kier alpha value is -2.66. The van der Waals surface area contributed by atoms with E-state index in [4.69, 9.17) is 4.74 Å². The maximum Gasteiger partial charge on any atom is 0.253 e. The average Bonchev–Trinajstić information content (AvgIpc) is 2.73. The number of pyridine rings is 1. The number of hydrogen-bond donors (Lipinski definition) is 1. The molecule has 1 aliphatic heterocycles. The maximum atomic E-state index is 12.9. The minimum atomic E-state index is -0.580. The number of piperidine rings is 1. The molecule has 1 aromatic heterocycles. The van der Waals surface area contributed by atoms with Crippen molar-refractivity contribution in [2.24, 2.45) is 5.92 Å². The number of allylic oxidation sites excluding steroid dienone is 1. The molecule has 1 aromatic carbocycles. The van der Waals surface area contributed by atoms with Gasteiger partial charge in [-0.2, -0.15) is 0 Å². The Labute approximate surface area is 160 Å². The van der Waals surface area contributed by atoms with Crippen molar-refractivity contribution in [3.63, 3.8) is 0 Å². The Kier molecular flexibility index (Phi) is 6.24. The molecule has 0 bridgehead atoms. The number of aliphatic hydroxyl groups is 1. The Balaban J connectivity index is 1.65. The molecule has 1 fully saturated rings. The summed E-state index contributed by atoms with van der Waals surface area (Å²) >= 11 is 0. The van der Waals surface area contributed by atoms with Gasteiger partial charge < -0.3 is 14.7 Å². The Morgan fingerprint density at radius 2 is 2.15 bits per heavy atom. The monoisotopic (exact) mass is 366 g/mol. The minimum absolute atomic E-state index is 0.0220. The number of ether oxygens (including phenoxy) is 1. The fourth-order valence-corrected chi connectivity index (χ4v) is 3.62. The highest BCUT2D eigenvalue weighted by molar-refractivity contribution is 5.94. The van der Waals surface area contributed by atoms with Crippen molar-refractivity contribution in [2.75, 3.05) is 20.2 Å². The normalized spacial score (nSPS) is 16.0. The van der Waals surface area contributed by atoms with Gasteiger partial charge >= 0.3 is 0 Å². The van der Waals surface area contributed by atoms with Gasteiger partial charge in [-0.1, -0.05) is 12.1 Å². The first-order valence-corrected chi connectivity index (χ1v) is 9.30. The number of hydrogen-bond acceptors (Lipinski definition) is 4. The summed E-state index contributed by atoms with van der Waals surface area (Å²) < 4.78 is 5.35. The molecule has 27 heavy (non-hydrogen) atoms. The molecule has 1 saturated heterocycles. The van der Waals surface area contributed by atoms with Crippen molar-refractivity contribution in [3.8, 4) is 5.75 Å². The average molecular weight is 366 g/mol. The third-order valence-electron chi connectivity index (χ3n) is 5.16. The van der Waals surface area contributed by atoms with Crippen LogP contribution in [0.1, 0.15) is 40.6 Å². The van der Waals surface area contributed by atoms with Crippen LogP contribution in [0.25, 0.3) is 0 Å². The molecule has 1 N–H and O–H groups in total. The maximum absolute atomic E-state index is 12.9. The molecule has 0 aliphatic carbocycles. The van der Waals surface area contributed by atoms with Crippen molar-refractivity contribution < 1.29 is 14.6 Å². The highest BCUT2D eigenvalue weighted by atomic mass is 16.5. The van der Waals surface area contributed by atoms with Crippen LogP contribution in [-0.2, 0) is 6.42 Å². The molecule has 1 amide bonds. The predicted molar refractivity (Wildman–Crippen MR) is 105 cm³/mol. The quantitative estimate of drug-likeness (QED) is 0.796. The fourth-order valence-electron chi connectivity index (χ4n) is 3.62. The second-order valence-corrected chi connectivity index (χ2v) is 6.85. The smallest absolute Gasteiger partial charge is 0.253 e. The number of amides is 1. The Morgan fingerprint density at radius 1 is 1.37 bits per heavy atom. The molecule has 0 radical (unpaired) electrons. The standard InChI is InChI=1S/C22H26N2O3/c1-3-6-17-15-18(8-9-20(17)27-2)22(26)24-13-10-16(11-14-24)21(25)19-7-4-5-12-23-19/h3-5,7-9,12,15-16,21,25H,1,6,10-11,13-14H2,2H3/t21-/m1/s1. The highest BCUT2D eigenvalue weighted by Gasteiger charge is 2.29. The van der Waals surface area contributed by atoms with E-state index < -0.39 is 6.10 Å². The second-order valence-electron chi connectivity index (χ2n) is 6.85. The van der Waals surface area contributed by atoms with Crippen LogP contribution in [0, 0.1) is 5.92 Å². The van der Waals surface area contributed by atoms with Gasteiger partial charge in [0.2, 0.25) is 0 Å². The van der Waals surface area contributed by atoms with Gasteiger partial charge in [-0.25, -0.2) is 0 Å². The molecule has 2 heterocycles. The first kappa shape index (κ1) is 19.1. The molecule has 1 aliphatic rings. The third kappa shape index (κ3) is 4.37. The van der Waals surface area contributed by atoms with Crippen molar-refractivity contribution >= 4 is 5.91 Å². The number of aromatic nitrogens is 1. The molecule has 5 nitrogen and oxygen atoms in total. The van der Waals surface area contributed by atoms with Gasteiger partial charge in [-0.15, -0.1) is 6.58 Å². The second kappa shape index (κ2) is 8.82. The summed E-state index contributed by atoms with van der Waals surface area (Å²) in [5, 5.41) is 10.6. The summed E-state index contributed by atoms with van der Waals surface area (Å²) in [6, 6.07) is 11.1. The molecule has 0 unspecified atom stereocenters. The predicted octanol–water partition coefficient (Wildman–Crippen LogP) is 3.40. The van der Waals surface area contributed by atoms with Gasteiger partial charge in [-0.05, 0) is 61.1 Å². The number of likely N-dealkylation sites (tertiary alicyclic amines) is 1. The van der Waals surface area contributed by atoms with E-state index >= 15 is 0 Å². The lowest BCUT2D eigenvalue weighted by Crippen LogP contribution is -2.39. The van der Waals surface area contributed by atoms with E-state index in [9.17, 15) is 9.90 Å². The molecule has 0 saturated carbocycles. The number of carbonyl (C=O) groups excluding carboxylic acids is 1. The van der Waals surface area contributed by atoms with E-state index in [1.807, 2.05) is 41.3 Å². The van der Waals surface area contributed by atoms with Gasteiger partial charge in [0.1, 0.15) is 5.75 Å². The molecular weight excluding hydrogens is 340 g/mol. The SMILES string of the molecule is C=CCc1cc(C(=O)N2CCC([C@@H](O)c3ccccn3)CC2)ccc1OC. The molecule has 1 atom stereocenters. The number of rotatable bonds is 6. The van der Waals surface area contributed by atoms with Gasteiger partial charge in [0.05, 0.1) is 18.9 Å². The fraction of sp³-hybridized carbons (Fsp3) is 0.364. The number of carbonyl (C=O) groups is 1. The summed E-state index contributed by atoms with van der Waals surface area (Å²) in [6.45, 7) is 5.04. The lowest BCUT2D eigenvalue weighted by Gasteiger charge is -2.34. The molecule has 2 aromatic rings. The van der Waals surface area contributed by atoms with Gasteiger partial charge in [0.15, 0.2) is 0 Å². The van der Waals surface area contributed by atoms with Gasteiger partial charge in [0, 0.05) is 24.8 Å². The summed E-state index contributed by atoms with van der Waals surface area (Å²) in [5.41, 5.74) is 2.32. The van der Waals surface area contributed by atoms with Crippen LogP contribution in [0.2, 0.25) is 0 Å². The van der Waals surface area contributed by atoms with E-state index in [1.165, 1.54) is 0 Å². The molecular formula is C22H26N2O3. The van der Waals surface area contributed by atoms with Crippen LogP contribution in [-0.4, -0.2) is 41.1 Å².